The van der Waals surface area contributed by atoms with Gasteiger partial charge in [-0.05, 0) is 5.56 Å². The Kier molecular flexibility index (Phi) is 4.14. The topological polar surface area (TPSA) is 33.1 Å². The van der Waals surface area contributed by atoms with E-state index in [1.54, 1.807) is 0 Å². The summed E-state index contributed by atoms with van der Waals surface area (Å²) >= 11 is 0. The van der Waals surface area contributed by atoms with Gasteiger partial charge in [0.1, 0.15) is 5.82 Å². The van der Waals surface area contributed by atoms with Crippen molar-refractivity contribution in [2.24, 2.45) is 7.05 Å². The van der Waals surface area contributed by atoms with Crippen molar-refractivity contribution in [1.29, 1.82) is 0 Å². The van der Waals surface area contributed by atoms with Gasteiger partial charge < -0.3 is 9.88 Å². The van der Waals surface area contributed by atoms with Crippen LogP contribution in [-0.4, -0.2) is 40.6 Å². The molecule has 1 aromatic heterocycles. The molecule has 4 nitrogen and oxygen atoms in total. The molecule has 0 spiro atoms. The van der Waals surface area contributed by atoms with Gasteiger partial charge in [-0.25, -0.2) is 4.98 Å². The van der Waals surface area contributed by atoms with Crippen LogP contribution in [0.15, 0.2) is 42.7 Å². The molecular formula is C16H22N4. The summed E-state index contributed by atoms with van der Waals surface area (Å²) in [7, 11) is 2.06. The van der Waals surface area contributed by atoms with Gasteiger partial charge in [0.2, 0.25) is 0 Å². The van der Waals surface area contributed by atoms with Gasteiger partial charge in [0.25, 0.3) is 0 Å². The second-order valence-electron chi connectivity index (χ2n) is 5.42. The maximum atomic E-state index is 4.40. The normalized spacial score (nSPS) is 20.1. The Balaban J connectivity index is 1.57. The van der Waals surface area contributed by atoms with E-state index in [1.807, 2.05) is 12.4 Å². The number of hydrogen-bond acceptors (Lipinski definition) is 3. The fraction of sp³-hybridized carbons (Fsp3) is 0.438. The van der Waals surface area contributed by atoms with E-state index in [-0.39, 0.29) is 0 Å². The number of nitrogens with one attached hydrogen (secondary N) is 1. The molecule has 0 amide bonds. The van der Waals surface area contributed by atoms with Crippen LogP contribution < -0.4 is 5.32 Å². The minimum atomic E-state index is 0.450. The maximum absolute atomic E-state index is 4.40. The number of hydrogen-bond donors (Lipinski definition) is 1. The highest BCUT2D eigenvalue weighted by atomic mass is 15.2. The molecule has 1 aliphatic heterocycles. The van der Waals surface area contributed by atoms with Gasteiger partial charge in [-0.15, -0.1) is 0 Å². The molecule has 106 valence electrons. The molecule has 0 aliphatic carbocycles. The van der Waals surface area contributed by atoms with E-state index >= 15 is 0 Å². The van der Waals surface area contributed by atoms with Crippen molar-refractivity contribution >= 4 is 0 Å². The Labute approximate surface area is 120 Å². The average Bonchev–Trinajstić information content (AvgIpc) is 2.92. The standard InChI is InChI=1S/C16H22N4/c1-19-11-8-18-16(19)7-10-20-12-9-17-15(13-20)14-5-3-2-4-6-14/h2-6,8,11,15,17H,7,9-10,12-13H2,1H3. The van der Waals surface area contributed by atoms with Crippen LogP contribution in [-0.2, 0) is 13.5 Å². The minimum Gasteiger partial charge on any atom is -0.338 e. The quantitative estimate of drug-likeness (QED) is 0.916. The molecule has 4 heteroatoms. The smallest absolute Gasteiger partial charge is 0.109 e. The Morgan fingerprint density at radius 2 is 2.15 bits per heavy atom. The van der Waals surface area contributed by atoms with Gasteiger partial charge in [0.05, 0.1) is 0 Å². The Morgan fingerprint density at radius 3 is 2.90 bits per heavy atom. The van der Waals surface area contributed by atoms with E-state index in [0.717, 1.165) is 32.6 Å². The molecule has 2 aromatic rings. The molecule has 1 aromatic carbocycles. The Bertz CT molecular complexity index is 534. The second kappa shape index (κ2) is 6.20. The number of rotatable bonds is 4. The Hall–Kier alpha value is -1.65. The average molecular weight is 270 g/mol. The van der Waals surface area contributed by atoms with Crippen molar-refractivity contribution in [3.05, 3.63) is 54.1 Å². The van der Waals surface area contributed by atoms with E-state index < -0.39 is 0 Å². The first-order chi connectivity index (χ1) is 9.83. The first-order valence-corrected chi connectivity index (χ1v) is 7.30. The lowest BCUT2D eigenvalue weighted by atomic mass is 10.0. The molecule has 1 aliphatic rings. The van der Waals surface area contributed by atoms with Crippen molar-refractivity contribution in [3.8, 4) is 0 Å². The van der Waals surface area contributed by atoms with E-state index in [0.29, 0.717) is 6.04 Å². The number of piperazine rings is 1. The number of aromatic nitrogens is 2. The fourth-order valence-corrected chi connectivity index (χ4v) is 2.82. The maximum Gasteiger partial charge on any atom is 0.109 e. The first-order valence-electron chi connectivity index (χ1n) is 7.30. The summed E-state index contributed by atoms with van der Waals surface area (Å²) < 4.78 is 2.11. The number of benzene rings is 1. The summed E-state index contributed by atoms with van der Waals surface area (Å²) in [6, 6.07) is 11.2. The summed E-state index contributed by atoms with van der Waals surface area (Å²) in [5, 5.41) is 3.61. The molecule has 1 atom stereocenters. The molecule has 0 saturated carbocycles. The second-order valence-corrected chi connectivity index (χ2v) is 5.42. The molecule has 3 rings (SSSR count). The Morgan fingerprint density at radius 1 is 1.30 bits per heavy atom. The highest BCUT2D eigenvalue weighted by molar-refractivity contribution is 5.19. The SMILES string of the molecule is Cn1ccnc1CCN1CCNC(c2ccccc2)C1. The lowest BCUT2D eigenvalue weighted by Gasteiger charge is -2.33. The summed E-state index contributed by atoms with van der Waals surface area (Å²) in [6.07, 6.45) is 4.91. The first kappa shape index (κ1) is 13.3. The summed E-state index contributed by atoms with van der Waals surface area (Å²) in [5.41, 5.74) is 1.38. The number of nitrogens with zero attached hydrogens (tertiary/aromatic N) is 3. The third-order valence-electron chi connectivity index (χ3n) is 4.03. The largest absolute Gasteiger partial charge is 0.338 e. The van der Waals surface area contributed by atoms with Crippen LogP contribution in [0, 0.1) is 0 Å². The van der Waals surface area contributed by atoms with Gasteiger partial charge in [0, 0.05) is 58.1 Å². The van der Waals surface area contributed by atoms with Crippen LogP contribution in [0.25, 0.3) is 0 Å². The summed E-state index contributed by atoms with van der Waals surface area (Å²) in [4.78, 5) is 6.93. The zero-order chi connectivity index (χ0) is 13.8. The molecule has 1 fully saturated rings. The van der Waals surface area contributed by atoms with Crippen molar-refractivity contribution in [3.63, 3.8) is 0 Å². The molecular weight excluding hydrogens is 248 g/mol. The van der Waals surface area contributed by atoms with Crippen LogP contribution in [0.5, 0.6) is 0 Å². The highest BCUT2D eigenvalue weighted by Gasteiger charge is 2.20. The number of imidazole rings is 1. The van der Waals surface area contributed by atoms with Gasteiger partial charge in [-0.3, -0.25) is 4.90 Å². The molecule has 0 bridgehead atoms. The van der Waals surface area contributed by atoms with E-state index in [4.69, 9.17) is 0 Å². The molecule has 2 heterocycles. The van der Waals surface area contributed by atoms with Crippen LogP contribution >= 0.6 is 0 Å². The summed E-state index contributed by atoms with van der Waals surface area (Å²) in [6.45, 7) is 4.33. The van der Waals surface area contributed by atoms with E-state index in [2.05, 4.69) is 57.1 Å². The monoisotopic (exact) mass is 270 g/mol. The fourth-order valence-electron chi connectivity index (χ4n) is 2.82. The molecule has 20 heavy (non-hydrogen) atoms. The summed E-state index contributed by atoms with van der Waals surface area (Å²) in [5.74, 6) is 1.17. The third kappa shape index (κ3) is 3.08. The lowest BCUT2D eigenvalue weighted by molar-refractivity contribution is 0.201. The van der Waals surface area contributed by atoms with Gasteiger partial charge in [-0.2, -0.15) is 0 Å². The van der Waals surface area contributed by atoms with Crippen LogP contribution in [0.2, 0.25) is 0 Å². The predicted molar refractivity (Wildman–Crippen MR) is 80.5 cm³/mol. The van der Waals surface area contributed by atoms with Gasteiger partial charge in [-0.1, -0.05) is 30.3 Å². The van der Waals surface area contributed by atoms with Crippen molar-refractivity contribution < 1.29 is 0 Å². The predicted octanol–water partition coefficient (Wildman–Crippen LogP) is 1.61. The zero-order valence-corrected chi connectivity index (χ0v) is 12.0. The highest BCUT2D eigenvalue weighted by Crippen LogP contribution is 2.16. The zero-order valence-electron chi connectivity index (χ0n) is 12.0. The molecule has 1 saturated heterocycles. The van der Waals surface area contributed by atoms with Crippen LogP contribution in [0.1, 0.15) is 17.4 Å². The molecule has 1 unspecified atom stereocenters. The lowest BCUT2D eigenvalue weighted by Crippen LogP contribution is -2.46. The third-order valence-corrected chi connectivity index (χ3v) is 4.03. The van der Waals surface area contributed by atoms with Crippen molar-refractivity contribution in [1.82, 2.24) is 19.8 Å². The molecule has 1 N–H and O–H groups in total. The van der Waals surface area contributed by atoms with Crippen LogP contribution in [0.4, 0.5) is 0 Å². The van der Waals surface area contributed by atoms with Gasteiger partial charge in [0.15, 0.2) is 0 Å². The van der Waals surface area contributed by atoms with Crippen LogP contribution in [0.3, 0.4) is 0 Å². The molecule has 0 radical (unpaired) electrons. The van der Waals surface area contributed by atoms with Crippen molar-refractivity contribution in [2.45, 2.75) is 12.5 Å². The van der Waals surface area contributed by atoms with Crippen molar-refractivity contribution in [2.75, 3.05) is 26.2 Å². The van der Waals surface area contributed by atoms with E-state index in [1.165, 1.54) is 11.4 Å². The minimum absolute atomic E-state index is 0.450. The van der Waals surface area contributed by atoms with E-state index in [9.17, 15) is 0 Å². The van der Waals surface area contributed by atoms with Gasteiger partial charge >= 0.3 is 0 Å². The number of aryl methyl sites for hydroxylation is 1.